The van der Waals surface area contributed by atoms with Crippen LogP contribution in [0.25, 0.3) is 0 Å². The van der Waals surface area contributed by atoms with E-state index in [-0.39, 0.29) is 5.60 Å². The van der Waals surface area contributed by atoms with Crippen molar-refractivity contribution in [3.05, 3.63) is 0 Å². The highest BCUT2D eigenvalue weighted by atomic mass is 16.5. The summed E-state index contributed by atoms with van der Waals surface area (Å²) in [6.07, 6.45) is 1.12. The Morgan fingerprint density at radius 3 is 2.50 bits per heavy atom. The Bertz CT molecular complexity index is 72.6. The monoisotopic (exact) mass is 115 g/mol. The molecule has 1 rings (SSSR count). The fourth-order valence-electron chi connectivity index (χ4n) is 0.780. The first-order valence-corrected chi connectivity index (χ1v) is 3.05. The Morgan fingerprint density at radius 1 is 1.50 bits per heavy atom. The van der Waals surface area contributed by atoms with Gasteiger partial charge in [-0.25, -0.2) is 0 Å². The largest absolute Gasteiger partial charge is 0.360 e. The molecule has 0 aromatic carbocycles. The van der Waals surface area contributed by atoms with Crippen LogP contribution in [0, 0.1) is 0 Å². The minimum atomic E-state index is 0.116. The van der Waals surface area contributed by atoms with Crippen LogP contribution in [0.3, 0.4) is 0 Å². The van der Waals surface area contributed by atoms with Gasteiger partial charge in [-0.3, -0.25) is 5.32 Å². The van der Waals surface area contributed by atoms with E-state index in [1.54, 1.807) is 0 Å². The number of ether oxygens (including phenoxy) is 1. The summed E-state index contributed by atoms with van der Waals surface area (Å²) in [7, 11) is 0. The van der Waals surface area contributed by atoms with E-state index in [1.165, 1.54) is 0 Å². The highest BCUT2D eigenvalue weighted by Crippen LogP contribution is 2.14. The average molecular weight is 115 g/mol. The fraction of sp³-hybridized carbons (Fsp3) is 1.00. The van der Waals surface area contributed by atoms with E-state index < -0.39 is 0 Å². The van der Waals surface area contributed by atoms with Gasteiger partial charge in [0.1, 0.15) is 0 Å². The molecule has 1 saturated heterocycles. The van der Waals surface area contributed by atoms with Gasteiger partial charge in [-0.15, -0.1) is 0 Å². The molecule has 1 heterocycles. The molecular weight excluding hydrogens is 102 g/mol. The summed E-state index contributed by atoms with van der Waals surface area (Å²) in [6.45, 7) is 6.04. The number of rotatable bonds is 0. The molecule has 0 atom stereocenters. The number of nitrogens with one attached hydrogen (secondary N) is 1. The molecule has 48 valence electrons. The summed E-state index contributed by atoms with van der Waals surface area (Å²) < 4.78 is 5.35. The fourth-order valence-corrected chi connectivity index (χ4v) is 0.780. The Kier molecular flexibility index (Phi) is 1.54. The van der Waals surface area contributed by atoms with Crippen LogP contribution in [-0.4, -0.2) is 18.9 Å². The lowest BCUT2D eigenvalue weighted by atomic mass is 10.0. The van der Waals surface area contributed by atoms with Crippen LogP contribution >= 0.6 is 0 Å². The van der Waals surface area contributed by atoms with Crippen molar-refractivity contribution in [3.8, 4) is 0 Å². The molecule has 0 saturated carbocycles. The Balaban J connectivity index is 2.33. The Labute approximate surface area is 50.2 Å². The zero-order valence-electron chi connectivity index (χ0n) is 5.53. The summed E-state index contributed by atoms with van der Waals surface area (Å²) >= 11 is 0. The van der Waals surface area contributed by atoms with Gasteiger partial charge in [0.2, 0.25) is 0 Å². The van der Waals surface area contributed by atoms with E-state index in [2.05, 4.69) is 19.2 Å². The standard InChI is InChI=1S/C6H13NO/c1-6(2)3-4-7-5-8-6/h7H,3-5H2,1-2H3. The van der Waals surface area contributed by atoms with Gasteiger partial charge < -0.3 is 4.74 Å². The SMILES string of the molecule is CC1(C)CCNCO1. The van der Waals surface area contributed by atoms with Gasteiger partial charge in [0, 0.05) is 0 Å². The van der Waals surface area contributed by atoms with Gasteiger partial charge in [0.05, 0.1) is 12.3 Å². The maximum absolute atomic E-state index is 5.35. The highest BCUT2D eigenvalue weighted by Gasteiger charge is 2.20. The van der Waals surface area contributed by atoms with Crippen molar-refractivity contribution >= 4 is 0 Å². The molecule has 2 nitrogen and oxygen atoms in total. The van der Waals surface area contributed by atoms with E-state index in [4.69, 9.17) is 4.74 Å². The molecule has 0 spiro atoms. The lowest BCUT2D eigenvalue weighted by molar-refractivity contribution is -0.0577. The molecule has 0 unspecified atom stereocenters. The molecule has 0 amide bonds. The van der Waals surface area contributed by atoms with Crippen LogP contribution < -0.4 is 5.32 Å². The van der Waals surface area contributed by atoms with E-state index in [0.29, 0.717) is 6.73 Å². The minimum absolute atomic E-state index is 0.116. The first kappa shape index (κ1) is 6.05. The summed E-state index contributed by atoms with van der Waals surface area (Å²) in [4.78, 5) is 0. The lowest BCUT2D eigenvalue weighted by Crippen LogP contribution is -2.39. The molecule has 0 aliphatic carbocycles. The van der Waals surface area contributed by atoms with Gasteiger partial charge in [0.15, 0.2) is 0 Å². The second-order valence-corrected chi connectivity index (χ2v) is 2.80. The maximum Gasteiger partial charge on any atom is 0.0972 e. The third-order valence-electron chi connectivity index (χ3n) is 1.47. The molecule has 1 aliphatic heterocycles. The van der Waals surface area contributed by atoms with Crippen molar-refractivity contribution in [1.29, 1.82) is 0 Å². The van der Waals surface area contributed by atoms with Crippen LogP contribution in [0.15, 0.2) is 0 Å². The summed E-state index contributed by atoms with van der Waals surface area (Å²) in [5, 5.41) is 3.12. The quantitative estimate of drug-likeness (QED) is 0.502. The van der Waals surface area contributed by atoms with Crippen LogP contribution in [0.5, 0.6) is 0 Å². The van der Waals surface area contributed by atoms with Gasteiger partial charge in [-0.2, -0.15) is 0 Å². The molecular formula is C6H13NO. The van der Waals surface area contributed by atoms with E-state index in [1.807, 2.05) is 0 Å². The van der Waals surface area contributed by atoms with Gasteiger partial charge in [-0.1, -0.05) is 0 Å². The minimum Gasteiger partial charge on any atom is -0.360 e. The molecule has 0 aromatic rings. The first-order chi connectivity index (χ1) is 3.71. The third-order valence-corrected chi connectivity index (χ3v) is 1.47. The molecule has 1 N–H and O–H groups in total. The molecule has 0 aromatic heterocycles. The number of hydrogen-bond acceptors (Lipinski definition) is 2. The summed E-state index contributed by atoms with van der Waals surface area (Å²) in [5.74, 6) is 0. The first-order valence-electron chi connectivity index (χ1n) is 3.05. The Morgan fingerprint density at radius 2 is 2.25 bits per heavy atom. The highest BCUT2D eigenvalue weighted by molar-refractivity contribution is 4.72. The predicted molar refractivity (Wildman–Crippen MR) is 32.7 cm³/mol. The van der Waals surface area contributed by atoms with Gasteiger partial charge >= 0.3 is 0 Å². The summed E-state index contributed by atoms with van der Waals surface area (Å²) in [5.41, 5.74) is 0.116. The summed E-state index contributed by atoms with van der Waals surface area (Å²) in [6, 6.07) is 0. The number of hydrogen-bond donors (Lipinski definition) is 1. The second-order valence-electron chi connectivity index (χ2n) is 2.80. The molecule has 2 heteroatoms. The van der Waals surface area contributed by atoms with Crippen molar-refractivity contribution < 1.29 is 4.74 Å². The molecule has 1 aliphatic rings. The lowest BCUT2D eigenvalue weighted by Gasteiger charge is -2.30. The van der Waals surface area contributed by atoms with Crippen LogP contribution in [0.4, 0.5) is 0 Å². The maximum atomic E-state index is 5.35. The van der Waals surface area contributed by atoms with Crippen molar-refractivity contribution in [3.63, 3.8) is 0 Å². The van der Waals surface area contributed by atoms with Crippen molar-refractivity contribution in [2.75, 3.05) is 13.3 Å². The van der Waals surface area contributed by atoms with Gasteiger partial charge in [-0.05, 0) is 26.8 Å². The Hall–Kier alpha value is -0.0800. The van der Waals surface area contributed by atoms with Crippen molar-refractivity contribution in [1.82, 2.24) is 5.32 Å². The van der Waals surface area contributed by atoms with Crippen LogP contribution in [0.2, 0.25) is 0 Å². The van der Waals surface area contributed by atoms with Crippen molar-refractivity contribution in [2.24, 2.45) is 0 Å². The second kappa shape index (κ2) is 2.03. The van der Waals surface area contributed by atoms with Crippen LogP contribution in [-0.2, 0) is 4.74 Å². The normalized spacial score (nSPS) is 27.8. The third kappa shape index (κ3) is 1.46. The average Bonchev–Trinajstić information content (AvgIpc) is 1.65. The van der Waals surface area contributed by atoms with E-state index >= 15 is 0 Å². The van der Waals surface area contributed by atoms with Gasteiger partial charge in [0.25, 0.3) is 0 Å². The molecule has 8 heavy (non-hydrogen) atoms. The van der Waals surface area contributed by atoms with Crippen molar-refractivity contribution in [2.45, 2.75) is 25.9 Å². The molecule has 1 fully saturated rings. The van der Waals surface area contributed by atoms with E-state index in [0.717, 1.165) is 13.0 Å². The predicted octanol–water partition coefficient (Wildman–Crippen LogP) is 0.732. The molecule has 0 radical (unpaired) electrons. The zero-order valence-corrected chi connectivity index (χ0v) is 5.53. The zero-order chi connectivity index (χ0) is 6.04. The smallest absolute Gasteiger partial charge is 0.0972 e. The van der Waals surface area contributed by atoms with Crippen LogP contribution in [0.1, 0.15) is 20.3 Å². The molecule has 0 bridgehead atoms. The topological polar surface area (TPSA) is 21.3 Å². The van der Waals surface area contributed by atoms with E-state index in [9.17, 15) is 0 Å².